The van der Waals surface area contributed by atoms with Gasteiger partial charge in [-0.05, 0) is 5.92 Å². The van der Waals surface area contributed by atoms with Gasteiger partial charge in [-0.15, -0.1) is 0 Å². The molecule has 1 amide bonds. The average Bonchev–Trinajstić information content (AvgIpc) is 2.34. The number of allylic oxidation sites excluding steroid dienone is 1. The van der Waals surface area contributed by atoms with E-state index < -0.39 is 30.3 Å². The largest absolute Gasteiger partial charge is 0.387 e. The van der Waals surface area contributed by atoms with E-state index in [1.165, 1.54) is 13.2 Å². The molecule has 0 saturated carbocycles. The second-order valence-electron chi connectivity index (χ2n) is 4.30. The summed E-state index contributed by atoms with van der Waals surface area (Å²) in [4.78, 5) is 10.9. The molecule has 6 nitrogen and oxygen atoms in total. The van der Waals surface area contributed by atoms with Crippen LogP contribution in [0.1, 0.15) is 20.3 Å². The summed E-state index contributed by atoms with van der Waals surface area (Å²) in [5.41, 5.74) is 5.00. The fourth-order valence-corrected chi connectivity index (χ4v) is 1.36. The van der Waals surface area contributed by atoms with Gasteiger partial charge in [-0.1, -0.05) is 32.4 Å². The standard InChI is InChI=1S/C12H23NO5/c1-4-7(2)5-6-8(14)9(15)10(16)11(18-3)12(13)17/h5-11,14-16H,4H2,1-3H3,(H2,13,17)/t7?,8-,9+,10-,11?/m1/s1. The van der Waals surface area contributed by atoms with Gasteiger partial charge in [-0.25, -0.2) is 0 Å². The monoisotopic (exact) mass is 261 g/mol. The molecule has 6 heteroatoms. The van der Waals surface area contributed by atoms with Crippen molar-refractivity contribution in [3.63, 3.8) is 0 Å². The van der Waals surface area contributed by atoms with Crippen molar-refractivity contribution in [2.24, 2.45) is 11.7 Å². The van der Waals surface area contributed by atoms with E-state index in [0.717, 1.165) is 6.42 Å². The minimum atomic E-state index is -1.58. The van der Waals surface area contributed by atoms with Crippen LogP contribution in [0.15, 0.2) is 12.2 Å². The van der Waals surface area contributed by atoms with Crippen LogP contribution in [0.25, 0.3) is 0 Å². The summed E-state index contributed by atoms with van der Waals surface area (Å²) in [7, 11) is 1.19. The third-order valence-corrected chi connectivity index (χ3v) is 2.83. The molecule has 5 N–H and O–H groups in total. The zero-order valence-electron chi connectivity index (χ0n) is 11.0. The number of ether oxygens (including phenoxy) is 1. The molecule has 0 aliphatic heterocycles. The number of aliphatic hydroxyl groups excluding tert-OH is 3. The molecule has 0 fully saturated rings. The van der Waals surface area contributed by atoms with E-state index in [1.807, 2.05) is 13.8 Å². The smallest absolute Gasteiger partial charge is 0.249 e. The van der Waals surface area contributed by atoms with Crippen molar-refractivity contribution < 1.29 is 24.9 Å². The Morgan fingerprint density at radius 3 is 2.22 bits per heavy atom. The second-order valence-corrected chi connectivity index (χ2v) is 4.30. The minimum Gasteiger partial charge on any atom is -0.387 e. The summed E-state index contributed by atoms with van der Waals surface area (Å²) in [5.74, 6) is -0.652. The molecular formula is C12H23NO5. The van der Waals surface area contributed by atoms with Gasteiger partial charge in [0.05, 0.1) is 0 Å². The lowest BCUT2D eigenvalue weighted by Crippen LogP contribution is -2.50. The van der Waals surface area contributed by atoms with Crippen LogP contribution in [-0.4, -0.2) is 52.8 Å². The van der Waals surface area contributed by atoms with Gasteiger partial charge in [-0.3, -0.25) is 4.79 Å². The predicted molar refractivity (Wildman–Crippen MR) is 66.6 cm³/mol. The minimum absolute atomic E-state index is 0.248. The van der Waals surface area contributed by atoms with E-state index in [-0.39, 0.29) is 5.92 Å². The van der Waals surface area contributed by atoms with Crippen molar-refractivity contribution >= 4 is 5.91 Å². The van der Waals surface area contributed by atoms with E-state index in [1.54, 1.807) is 6.08 Å². The molecule has 18 heavy (non-hydrogen) atoms. The van der Waals surface area contributed by atoms with Gasteiger partial charge in [0.1, 0.15) is 18.3 Å². The zero-order valence-corrected chi connectivity index (χ0v) is 11.0. The average molecular weight is 261 g/mol. The van der Waals surface area contributed by atoms with Crippen molar-refractivity contribution in [1.82, 2.24) is 0 Å². The van der Waals surface area contributed by atoms with Gasteiger partial charge in [-0.2, -0.15) is 0 Å². The predicted octanol–water partition coefficient (Wildman–Crippen LogP) is -0.828. The lowest BCUT2D eigenvalue weighted by Gasteiger charge is -2.25. The number of aliphatic hydroxyl groups is 3. The first kappa shape index (κ1) is 17.1. The molecule has 0 aliphatic carbocycles. The Balaban J connectivity index is 4.57. The normalized spacial score (nSPS) is 20.3. The van der Waals surface area contributed by atoms with Crippen molar-refractivity contribution in [1.29, 1.82) is 0 Å². The number of carbonyl (C=O) groups excluding carboxylic acids is 1. The highest BCUT2D eigenvalue weighted by Gasteiger charge is 2.33. The second kappa shape index (κ2) is 8.20. The maximum Gasteiger partial charge on any atom is 0.249 e. The van der Waals surface area contributed by atoms with Gasteiger partial charge < -0.3 is 25.8 Å². The van der Waals surface area contributed by atoms with Gasteiger partial charge in [0, 0.05) is 7.11 Å². The third-order valence-electron chi connectivity index (χ3n) is 2.83. The molecule has 0 aromatic heterocycles. The molecule has 106 valence electrons. The molecule has 0 radical (unpaired) electrons. The number of amides is 1. The van der Waals surface area contributed by atoms with Crippen LogP contribution >= 0.6 is 0 Å². The van der Waals surface area contributed by atoms with Crippen LogP contribution in [0.3, 0.4) is 0 Å². The van der Waals surface area contributed by atoms with E-state index in [4.69, 9.17) is 5.73 Å². The molecule has 0 bridgehead atoms. The fraction of sp³-hybridized carbons (Fsp3) is 0.750. The highest BCUT2D eigenvalue weighted by molar-refractivity contribution is 5.79. The number of primary amides is 1. The van der Waals surface area contributed by atoms with E-state index in [2.05, 4.69) is 4.74 Å². The van der Waals surface area contributed by atoms with Crippen LogP contribution in [0.4, 0.5) is 0 Å². The van der Waals surface area contributed by atoms with Crippen LogP contribution in [0.5, 0.6) is 0 Å². The Morgan fingerprint density at radius 1 is 1.28 bits per heavy atom. The Hall–Kier alpha value is -0.950. The third kappa shape index (κ3) is 5.14. The summed E-state index contributed by atoms with van der Waals surface area (Å²) in [5, 5.41) is 29.0. The van der Waals surface area contributed by atoms with Crippen LogP contribution in [0.2, 0.25) is 0 Å². The number of methoxy groups -OCH3 is 1. The molecule has 0 rings (SSSR count). The Bertz CT molecular complexity index is 282. The summed E-state index contributed by atoms with van der Waals surface area (Å²) in [6.45, 7) is 3.94. The van der Waals surface area contributed by atoms with Gasteiger partial charge >= 0.3 is 0 Å². The molecule has 0 aliphatic rings. The SMILES string of the molecule is CCC(C)C=C[C@@H](O)[C@H](O)[C@@H](O)C(OC)C(N)=O. The quantitative estimate of drug-likeness (QED) is 0.426. The summed E-state index contributed by atoms with van der Waals surface area (Å²) < 4.78 is 4.67. The van der Waals surface area contributed by atoms with Gasteiger partial charge in [0.25, 0.3) is 0 Å². The Morgan fingerprint density at radius 2 is 1.83 bits per heavy atom. The maximum absolute atomic E-state index is 10.9. The molecule has 5 atom stereocenters. The van der Waals surface area contributed by atoms with Crippen molar-refractivity contribution in [3.8, 4) is 0 Å². The van der Waals surface area contributed by atoms with Gasteiger partial charge in [0.2, 0.25) is 5.91 Å². The van der Waals surface area contributed by atoms with Gasteiger partial charge in [0.15, 0.2) is 6.10 Å². The van der Waals surface area contributed by atoms with E-state index in [9.17, 15) is 20.1 Å². The Labute approximate surface area is 107 Å². The maximum atomic E-state index is 10.9. The van der Waals surface area contributed by atoms with Crippen LogP contribution < -0.4 is 5.73 Å². The fourth-order valence-electron chi connectivity index (χ4n) is 1.36. The summed E-state index contributed by atoms with van der Waals surface area (Å²) in [6, 6.07) is 0. The molecule has 0 aromatic rings. The van der Waals surface area contributed by atoms with Crippen molar-refractivity contribution in [2.45, 2.75) is 44.7 Å². The first-order chi connectivity index (χ1) is 8.34. The first-order valence-electron chi connectivity index (χ1n) is 5.89. The number of carbonyl (C=O) groups is 1. The molecule has 0 heterocycles. The van der Waals surface area contributed by atoms with E-state index >= 15 is 0 Å². The lowest BCUT2D eigenvalue weighted by molar-refractivity contribution is -0.145. The topological polar surface area (TPSA) is 113 Å². The summed E-state index contributed by atoms with van der Waals surface area (Å²) >= 11 is 0. The first-order valence-corrected chi connectivity index (χ1v) is 5.89. The number of hydrogen-bond acceptors (Lipinski definition) is 5. The molecule has 0 spiro atoms. The highest BCUT2D eigenvalue weighted by Crippen LogP contribution is 2.10. The van der Waals surface area contributed by atoms with Crippen molar-refractivity contribution in [3.05, 3.63) is 12.2 Å². The van der Waals surface area contributed by atoms with E-state index in [0.29, 0.717) is 0 Å². The van der Waals surface area contributed by atoms with Crippen LogP contribution in [-0.2, 0) is 9.53 Å². The summed E-state index contributed by atoms with van der Waals surface area (Å²) in [6.07, 6.45) is -1.75. The molecular weight excluding hydrogens is 238 g/mol. The van der Waals surface area contributed by atoms with Crippen molar-refractivity contribution in [2.75, 3.05) is 7.11 Å². The highest BCUT2D eigenvalue weighted by atomic mass is 16.5. The number of hydrogen-bond donors (Lipinski definition) is 4. The lowest BCUT2D eigenvalue weighted by atomic mass is 10.0. The molecule has 2 unspecified atom stereocenters. The number of nitrogens with two attached hydrogens (primary N) is 1. The molecule has 0 aromatic carbocycles. The number of rotatable bonds is 8. The van der Waals surface area contributed by atoms with Crippen LogP contribution in [0, 0.1) is 5.92 Å². The molecule has 0 saturated heterocycles. The zero-order chi connectivity index (χ0) is 14.3. The Kier molecular flexibility index (Phi) is 7.77.